The summed E-state index contributed by atoms with van der Waals surface area (Å²) in [5.74, 6) is -0.156. The smallest absolute Gasteiger partial charge is 0.243 e. The zero-order valence-electron chi connectivity index (χ0n) is 11.2. The third-order valence-corrected chi connectivity index (χ3v) is 4.23. The van der Waals surface area contributed by atoms with E-state index >= 15 is 0 Å². The first kappa shape index (κ1) is 16.1. The first-order valence-electron chi connectivity index (χ1n) is 6.20. The van der Waals surface area contributed by atoms with E-state index in [1.807, 2.05) is 25.1 Å². The van der Waals surface area contributed by atoms with Gasteiger partial charge in [-0.25, -0.2) is 0 Å². The van der Waals surface area contributed by atoms with Crippen LogP contribution in [0.1, 0.15) is 5.56 Å². The Balaban J connectivity index is 1.94. The van der Waals surface area contributed by atoms with Crippen LogP contribution in [0.4, 0.5) is 11.4 Å². The summed E-state index contributed by atoms with van der Waals surface area (Å²) >= 11 is 15.3. The summed E-state index contributed by atoms with van der Waals surface area (Å²) in [6.07, 6.45) is 0. The van der Waals surface area contributed by atoms with Crippen LogP contribution in [0.5, 0.6) is 0 Å². The lowest BCUT2D eigenvalue weighted by Crippen LogP contribution is -2.21. The molecule has 0 radical (unpaired) electrons. The van der Waals surface area contributed by atoms with Gasteiger partial charge in [0.1, 0.15) is 0 Å². The highest BCUT2D eigenvalue weighted by Gasteiger charge is 2.06. The largest absolute Gasteiger partial charge is 0.375 e. The average Bonchev–Trinajstić information content (AvgIpc) is 2.42. The lowest BCUT2D eigenvalue weighted by Gasteiger charge is -2.10. The molecule has 110 valence electrons. The van der Waals surface area contributed by atoms with Crippen LogP contribution in [0.15, 0.2) is 40.9 Å². The van der Waals surface area contributed by atoms with E-state index < -0.39 is 0 Å². The molecule has 2 aromatic rings. The predicted octanol–water partition coefficient (Wildman–Crippen LogP) is 5.11. The zero-order valence-corrected chi connectivity index (χ0v) is 14.3. The second-order valence-corrected chi connectivity index (χ2v) is 6.19. The third kappa shape index (κ3) is 4.63. The molecule has 0 aromatic heterocycles. The number of hydrogen-bond donors (Lipinski definition) is 2. The third-order valence-electron chi connectivity index (χ3n) is 2.83. The predicted molar refractivity (Wildman–Crippen MR) is 92.5 cm³/mol. The summed E-state index contributed by atoms with van der Waals surface area (Å²) < 4.78 is 0.953. The summed E-state index contributed by atoms with van der Waals surface area (Å²) in [7, 11) is 0. The van der Waals surface area contributed by atoms with Crippen LogP contribution in [0.2, 0.25) is 10.0 Å². The van der Waals surface area contributed by atoms with Crippen molar-refractivity contribution in [2.24, 2.45) is 0 Å². The Morgan fingerprint density at radius 1 is 1.19 bits per heavy atom. The van der Waals surface area contributed by atoms with Gasteiger partial charge in [0.2, 0.25) is 5.91 Å². The molecule has 0 fully saturated rings. The summed E-state index contributed by atoms with van der Waals surface area (Å²) in [4.78, 5) is 11.9. The maximum atomic E-state index is 11.9. The molecule has 0 heterocycles. The topological polar surface area (TPSA) is 41.1 Å². The van der Waals surface area contributed by atoms with Crippen molar-refractivity contribution in [2.45, 2.75) is 6.92 Å². The van der Waals surface area contributed by atoms with Gasteiger partial charge in [-0.1, -0.05) is 45.2 Å². The normalized spacial score (nSPS) is 10.3. The van der Waals surface area contributed by atoms with E-state index in [1.54, 1.807) is 18.2 Å². The van der Waals surface area contributed by atoms with Gasteiger partial charge in [0.15, 0.2) is 0 Å². The Morgan fingerprint density at radius 3 is 2.62 bits per heavy atom. The highest BCUT2D eigenvalue weighted by molar-refractivity contribution is 9.10. The van der Waals surface area contributed by atoms with Crippen molar-refractivity contribution < 1.29 is 4.79 Å². The fourth-order valence-electron chi connectivity index (χ4n) is 1.68. The molecule has 0 unspecified atom stereocenters. The van der Waals surface area contributed by atoms with E-state index in [4.69, 9.17) is 23.2 Å². The molecule has 0 atom stereocenters. The number of carbonyl (C=O) groups excluding carboxylic acids is 1. The molecule has 0 saturated carbocycles. The fraction of sp³-hybridized carbons (Fsp3) is 0.133. The summed E-state index contributed by atoms with van der Waals surface area (Å²) in [5, 5.41) is 6.82. The molecule has 0 saturated heterocycles. The van der Waals surface area contributed by atoms with Gasteiger partial charge in [-0.15, -0.1) is 0 Å². The highest BCUT2D eigenvalue weighted by Crippen LogP contribution is 2.25. The van der Waals surface area contributed by atoms with Crippen LogP contribution in [0.25, 0.3) is 0 Å². The number of aryl methyl sites for hydroxylation is 1. The molecule has 6 heteroatoms. The van der Waals surface area contributed by atoms with E-state index in [0.29, 0.717) is 15.7 Å². The van der Waals surface area contributed by atoms with Gasteiger partial charge in [0.25, 0.3) is 0 Å². The van der Waals surface area contributed by atoms with Crippen molar-refractivity contribution in [3.8, 4) is 0 Å². The summed E-state index contributed by atoms with van der Waals surface area (Å²) in [6, 6.07) is 10.7. The highest BCUT2D eigenvalue weighted by atomic mass is 79.9. The van der Waals surface area contributed by atoms with Crippen LogP contribution in [-0.4, -0.2) is 12.5 Å². The van der Waals surface area contributed by atoms with Crippen molar-refractivity contribution in [2.75, 3.05) is 17.2 Å². The van der Waals surface area contributed by atoms with Crippen LogP contribution in [0.3, 0.4) is 0 Å². The van der Waals surface area contributed by atoms with Crippen LogP contribution >= 0.6 is 39.1 Å². The maximum Gasteiger partial charge on any atom is 0.243 e. The Labute approximate surface area is 141 Å². The Morgan fingerprint density at radius 2 is 1.95 bits per heavy atom. The van der Waals surface area contributed by atoms with E-state index in [2.05, 4.69) is 26.6 Å². The number of halogens is 3. The first-order chi connectivity index (χ1) is 9.95. The van der Waals surface area contributed by atoms with Gasteiger partial charge in [-0.3, -0.25) is 4.79 Å². The molecule has 2 aromatic carbocycles. The Bertz CT molecular complexity index is 677. The molecular formula is C15H13BrCl2N2O. The number of amides is 1. The van der Waals surface area contributed by atoms with Crippen LogP contribution in [0, 0.1) is 6.92 Å². The number of hydrogen-bond acceptors (Lipinski definition) is 2. The van der Waals surface area contributed by atoms with Gasteiger partial charge >= 0.3 is 0 Å². The first-order valence-corrected chi connectivity index (χ1v) is 7.75. The molecule has 0 spiro atoms. The van der Waals surface area contributed by atoms with Crippen molar-refractivity contribution in [3.05, 3.63) is 56.5 Å². The second-order valence-electron chi connectivity index (χ2n) is 4.49. The molecule has 0 aliphatic heterocycles. The minimum atomic E-state index is -0.156. The summed E-state index contributed by atoms with van der Waals surface area (Å²) in [5.41, 5.74) is 2.52. The molecule has 21 heavy (non-hydrogen) atoms. The van der Waals surface area contributed by atoms with Gasteiger partial charge in [-0.05, 0) is 42.8 Å². The number of carbonyl (C=O) groups is 1. The van der Waals surface area contributed by atoms with E-state index in [0.717, 1.165) is 15.7 Å². The number of nitrogens with one attached hydrogen (secondary N) is 2. The minimum Gasteiger partial charge on any atom is -0.375 e. The van der Waals surface area contributed by atoms with Crippen molar-refractivity contribution in [1.82, 2.24) is 0 Å². The monoisotopic (exact) mass is 386 g/mol. The zero-order chi connectivity index (χ0) is 15.4. The van der Waals surface area contributed by atoms with Crippen molar-refractivity contribution in [3.63, 3.8) is 0 Å². The van der Waals surface area contributed by atoms with E-state index in [1.165, 1.54) is 0 Å². The number of rotatable bonds is 4. The maximum absolute atomic E-state index is 11.9. The quantitative estimate of drug-likeness (QED) is 0.764. The average molecular weight is 388 g/mol. The SMILES string of the molecule is Cc1ccc(NC(=O)CNc2ccc(Cl)cc2Cl)cc1Br. The lowest BCUT2D eigenvalue weighted by atomic mass is 10.2. The molecular weight excluding hydrogens is 375 g/mol. The van der Waals surface area contributed by atoms with Crippen molar-refractivity contribution >= 4 is 56.4 Å². The van der Waals surface area contributed by atoms with E-state index in [-0.39, 0.29) is 12.5 Å². The van der Waals surface area contributed by atoms with Gasteiger partial charge in [-0.2, -0.15) is 0 Å². The van der Waals surface area contributed by atoms with Gasteiger partial charge < -0.3 is 10.6 Å². The van der Waals surface area contributed by atoms with Crippen LogP contribution in [-0.2, 0) is 4.79 Å². The summed E-state index contributed by atoms with van der Waals surface area (Å²) in [6.45, 7) is 2.10. The lowest BCUT2D eigenvalue weighted by molar-refractivity contribution is -0.114. The van der Waals surface area contributed by atoms with Crippen molar-refractivity contribution in [1.29, 1.82) is 0 Å². The second kappa shape index (κ2) is 7.16. The fourth-order valence-corrected chi connectivity index (χ4v) is 2.54. The van der Waals surface area contributed by atoms with Gasteiger partial charge in [0.05, 0.1) is 17.3 Å². The van der Waals surface area contributed by atoms with E-state index in [9.17, 15) is 4.79 Å². The van der Waals surface area contributed by atoms with Crippen LogP contribution < -0.4 is 10.6 Å². The van der Waals surface area contributed by atoms with Gasteiger partial charge in [0, 0.05) is 15.2 Å². The molecule has 0 aliphatic carbocycles. The molecule has 2 N–H and O–H groups in total. The Kier molecular flexibility index (Phi) is 5.51. The molecule has 3 nitrogen and oxygen atoms in total. The molecule has 1 amide bonds. The minimum absolute atomic E-state index is 0.118. The molecule has 0 bridgehead atoms. The molecule has 2 rings (SSSR count). The molecule has 0 aliphatic rings. The standard InChI is InChI=1S/C15H13BrCl2N2O/c1-9-2-4-11(7-12(9)16)20-15(21)8-19-14-5-3-10(17)6-13(14)18/h2-7,19H,8H2,1H3,(H,20,21). The number of benzene rings is 2. The Hall–Kier alpha value is -1.23. The number of anilines is 2.